The topological polar surface area (TPSA) is 127 Å². The van der Waals surface area contributed by atoms with Gasteiger partial charge in [0, 0.05) is 37.3 Å². The fourth-order valence-electron chi connectivity index (χ4n) is 5.29. The lowest BCUT2D eigenvalue weighted by Gasteiger charge is -2.33. The van der Waals surface area contributed by atoms with Crippen LogP contribution in [0.25, 0.3) is 16.7 Å². The van der Waals surface area contributed by atoms with Crippen LogP contribution >= 0.6 is 0 Å². The number of amides is 1. The van der Waals surface area contributed by atoms with E-state index in [4.69, 9.17) is 4.84 Å². The number of aryl methyl sites for hydroxylation is 1. The van der Waals surface area contributed by atoms with Gasteiger partial charge in [-0.05, 0) is 51.5 Å². The quantitative estimate of drug-likeness (QED) is 0.583. The van der Waals surface area contributed by atoms with E-state index in [1.54, 1.807) is 7.05 Å². The first kappa shape index (κ1) is 23.1. The first-order chi connectivity index (χ1) is 16.3. The fraction of sp³-hybridized carbons (Fsp3) is 0.609. The summed E-state index contributed by atoms with van der Waals surface area (Å²) in [7, 11) is -1.27. The van der Waals surface area contributed by atoms with E-state index in [-0.39, 0.29) is 29.4 Å². The summed E-state index contributed by atoms with van der Waals surface area (Å²) in [6.07, 6.45) is 9.97. The van der Waals surface area contributed by atoms with E-state index in [1.165, 1.54) is 0 Å². The summed E-state index contributed by atoms with van der Waals surface area (Å²) in [5, 5.41) is 11.8. The minimum absolute atomic E-state index is 0.0226. The van der Waals surface area contributed by atoms with Crippen LogP contribution in [0.3, 0.4) is 0 Å². The number of aromatic nitrogens is 3. The summed E-state index contributed by atoms with van der Waals surface area (Å²) in [6, 6.07) is 0.0535. The third-order valence-electron chi connectivity index (χ3n) is 7.38. The normalized spacial score (nSPS) is 22.5. The summed E-state index contributed by atoms with van der Waals surface area (Å²) in [5.74, 6) is 0.507. The van der Waals surface area contributed by atoms with Crippen molar-refractivity contribution in [1.82, 2.24) is 25.6 Å². The van der Waals surface area contributed by atoms with Crippen molar-refractivity contribution in [2.24, 2.45) is 5.92 Å². The molecule has 4 heterocycles. The van der Waals surface area contributed by atoms with E-state index in [9.17, 15) is 13.2 Å². The van der Waals surface area contributed by atoms with Crippen LogP contribution in [0.1, 0.15) is 51.0 Å². The molecule has 0 atom stereocenters. The van der Waals surface area contributed by atoms with Gasteiger partial charge in [0.05, 0.1) is 34.5 Å². The minimum Gasteiger partial charge on any atom is -0.381 e. The highest BCUT2D eigenvalue weighted by molar-refractivity contribution is 7.91. The minimum atomic E-state index is -2.95. The van der Waals surface area contributed by atoms with Crippen LogP contribution in [0.5, 0.6) is 0 Å². The molecule has 1 aliphatic carbocycles. The van der Waals surface area contributed by atoms with E-state index in [0.717, 1.165) is 53.7 Å². The zero-order chi connectivity index (χ0) is 23.9. The van der Waals surface area contributed by atoms with Gasteiger partial charge in [-0.1, -0.05) is 0 Å². The molecular weight excluding hydrogens is 456 g/mol. The van der Waals surface area contributed by atoms with Gasteiger partial charge in [-0.25, -0.2) is 18.1 Å². The lowest BCUT2D eigenvalue weighted by atomic mass is 9.78. The van der Waals surface area contributed by atoms with Gasteiger partial charge in [-0.15, -0.1) is 0 Å². The summed E-state index contributed by atoms with van der Waals surface area (Å²) < 4.78 is 25.7. The number of carbonyl (C=O) groups is 1. The number of rotatable bonds is 5. The van der Waals surface area contributed by atoms with Crippen LogP contribution in [0.15, 0.2) is 18.5 Å². The van der Waals surface area contributed by atoms with Crippen molar-refractivity contribution < 1.29 is 18.0 Å². The molecule has 1 saturated carbocycles. The SMILES string of the molecule is CCn1ncc2c(NC3CCS(=O)(=O)CC3)c(C3=CC4(CCC(C(=O)NC)CC4)ON3)cnc21. The second kappa shape index (κ2) is 8.84. The van der Waals surface area contributed by atoms with E-state index in [0.29, 0.717) is 19.4 Å². The Bertz CT molecular complexity index is 1220. The van der Waals surface area contributed by atoms with E-state index in [1.807, 2.05) is 24.0 Å². The predicted molar refractivity (Wildman–Crippen MR) is 129 cm³/mol. The van der Waals surface area contributed by atoms with Gasteiger partial charge < -0.3 is 10.6 Å². The summed E-state index contributed by atoms with van der Waals surface area (Å²) in [4.78, 5) is 22.8. The fourth-order valence-corrected chi connectivity index (χ4v) is 6.78. The molecule has 0 radical (unpaired) electrons. The molecule has 0 bridgehead atoms. The summed E-state index contributed by atoms with van der Waals surface area (Å²) in [5.41, 5.74) is 6.08. The van der Waals surface area contributed by atoms with Crippen molar-refractivity contribution >= 4 is 38.2 Å². The average molecular weight is 489 g/mol. The van der Waals surface area contributed by atoms with Crippen molar-refractivity contribution in [2.45, 2.75) is 63.6 Å². The van der Waals surface area contributed by atoms with Gasteiger partial charge >= 0.3 is 0 Å². The monoisotopic (exact) mass is 488 g/mol. The van der Waals surface area contributed by atoms with E-state index < -0.39 is 15.4 Å². The van der Waals surface area contributed by atoms with Gasteiger partial charge in [-0.3, -0.25) is 15.1 Å². The number of hydrogen-bond donors (Lipinski definition) is 3. The molecule has 5 rings (SSSR count). The van der Waals surface area contributed by atoms with Crippen LogP contribution in [0.4, 0.5) is 5.69 Å². The maximum atomic E-state index is 12.0. The highest BCUT2D eigenvalue weighted by Crippen LogP contribution is 2.42. The standard InChI is InChI=1S/C23H32N6O4S/c1-3-29-21-18(14-26-29)20(27-16-6-10-34(31,32)11-7-16)17(13-25-21)19-12-23(33-28-19)8-4-15(5-9-23)22(30)24-2/h12-16,28H,3-11H2,1-2H3,(H,24,30)(H,25,27). The predicted octanol–water partition coefficient (Wildman–Crippen LogP) is 1.99. The molecule has 3 aliphatic rings. The van der Waals surface area contributed by atoms with Gasteiger partial charge in [0.25, 0.3) is 0 Å². The van der Waals surface area contributed by atoms with Crippen molar-refractivity contribution in [2.75, 3.05) is 23.9 Å². The Kier molecular flexibility index (Phi) is 6.01. The van der Waals surface area contributed by atoms with Gasteiger partial charge in [0.1, 0.15) is 15.4 Å². The van der Waals surface area contributed by atoms with Gasteiger partial charge in [0.2, 0.25) is 5.91 Å². The largest absolute Gasteiger partial charge is 0.381 e. The molecule has 10 nitrogen and oxygen atoms in total. The molecule has 11 heteroatoms. The molecule has 1 amide bonds. The van der Waals surface area contributed by atoms with Crippen LogP contribution < -0.4 is 16.1 Å². The first-order valence-electron chi connectivity index (χ1n) is 12.0. The van der Waals surface area contributed by atoms with Crippen molar-refractivity contribution in [3.8, 4) is 0 Å². The van der Waals surface area contributed by atoms with Crippen LogP contribution in [-0.2, 0) is 26.0 Å². The second-order valence-corrected chi connectivity index (χ2v) is 11.8. The Morgan fingerprint density at radius 2 is 1.97 bits per heavy atom. The Balaban J connectivity index is 1.46. The summed E-state index contributed by atoms with van der Waals surface area (Å²) in [6.45, 7) is 2.73. The third-order valence-corrected chi connectivity index (χ3v) is 9.10. The maximum absolute atomic E-state index is 12.0. The zero-order valence-electron chi connectivity index (χ0n) is 19.6. The number of sulfone groups is 1. The van der Waals surface area contributed by atoms with Crippen molar-refractivity contribution in [1.29, 1.82) is 0 Å². The molecule has 0 aromatic carbocycles. The number of hydroxylamine groups is 1. The number of pyridine rings is 1. The number of anilines is 1. The molecule has 0 unspecified atom stereocenters. The van der Waals surface area contributed by atoms with Gasteiger partial charge in [0.15, 0.2) is 5.65 Å². The number of nitrogens with one attached hydrogen (secondary N) is 3. The molecule has 2 aromatic heterocycles. The number of fused-ring (bicyclic) bond motifs is 1. The van der Waals surface area contributed by atoms with Crippen LogP contribution in [0, 0.1) is 5.92 Å². The van der Waals surface area contributed by atoms with Gasteiger partial charge in [-0.2, -0.15) is 5.10 Å². The molecule has 2 fully saturated rings. The molecule has 2 aromatic rings. The van der Waals surface area contributed by atoms with Crippen molar-refractivity contribution in [3.63, 3.8) is 0 Å². The maximum Gasteiger partial charge on any atom is 0.222 e. The molecule has 34 heavy (non-hydrogen) atoms. The number of nitrogens with zero attached hydrogens (tertiary/aromatic N) is 3. The Morgan fingerprint density at radius 3 is 2.65 bits per heavy atom. The highest BCUT2D eigenvalue weighted by Gasteiger charge is 2.41. The molecule has 184 valence electrons. The second-order valence-electron chi connectivity index (χ2n) is 9.53. The molecule has 1 saturated heterocycles. The third kappa shape index (κ3) is 4.26. The molecule has 1 spiro atoms. The summed E-state index contributed by atoms with van der Waals surface area (Å²) >= 11 is 0. The smallest absolute Gasteiger partial charge is 0.222 e. The van der Waals surface area contributed by atoms with E-state index >= 15 is 0 Å². The Hall–Kier alpha value is -2.66. The average Bonchev–Trinajstić information content (AvgIpc) is 3.45. The number of hydrogen-bond acceptors (Lipinski definition) is 8. The van der Waals surface area contributed by atoms with E-state index in [2.05, 4.69) is 32.3 Å². The zero-order valence-corrected chi connectivity index (χ0v) is 20.5. The molecule has 3 N–H and O–H groups in total. The molecular formula is C23H32N6O4S. The lowest BCUT2D eigenvalue weighted by Crippen LogP contribution is -2.39. The Labute approximate surface area is 199 Å². The number of carbonyl (C=O) groups excluding carboxylic acids is 1. The van der Waals surface area contributed by atoms with Crippen LogP contribution in [-0.4, -0.2) is 59.3 Å². The first-order valence-corrected chi connectivity index (χ1v) is 13.9. The Morgan fingerprint density at radius 1 is 1.24 bits per heavy atom. The highest BCUT2D eigenvalue weighted by atomic mass is 32.2. The molecule has 2 aliphatic heterocycles. The lowest BCUT2D eigenvalue weighted by molar-refractivity contribution is -0.128. The van der Waals surface area contributed by atoms with Crippen molar-refractivity contribution in [3.05, 3.63) is 24.0 Å². The van der Waals surface area contributed by atoms with Crippen LogP contribution in [0.2, 0.25) is 0 Å².